The second kappa shape index (κ2) is 5.97. The van der Waals surface area contributed by atoms with Gasteiger partial charge in [0.2, 0.25) is 5.95 Å². The first-order chi connectivity index (χ1) is 12.3. The highest BCUT2D eigenvalue weighted by Gasteiger charge is 2.38. The maximum atomic E-state index is 6.35. The molecule has 25 heavy (non-hydrogen) atoms. The van der Waals surface area contributed by atoms with Gasteiger partial charge in [-0.25, -0.2) is 4.98 Å². The van der Waals surface area contributed by atoms with Crippen molar-refractivity contribution in [2.75, 3.05) is 23.3 Å². The molecule has 2 unspecified atom stereocenters. The molecular formula is C18H19ClN6. The molecule has 128 valence electrons. The quantitative estimate of drug-likeness (QED) is 0.887. The smallest absolute Gasteiger partial charge is 0.227 e. The third-order valence-electron chi connectivity index (χ3n) is 5.24. The van der Waals surface area contributed by atoms with Crippen LogP contribution >= 0.6 is 11.6 Å². The molecule has 2 saturated heterocycles. The van der Waals surface area contributed by atoms with E-state index in [1.165, 1.54) is 18.4 Å². The second-order valence-corrected chi connectivity index (χ2v) is 7.23. The third kappa shape index (κ3) is 2.65. The number of nitrogens with one attached hydrogen (secondary N) is 2. The topological polar surface area (TPSA) is 65.4 Å². The summed E-state index contributed by atoms with van der Waals surface area (Å²) in [4.78, 5) is 15.9. The first kappa shape index (κ1) is 15.1. The number of hydrogen-bond donors (Lipinski definition) is 2. The second-order valence-electron chi connectivity index (χ2n) is 6.83. The van der Waals surface area contributed by atoms with Crippen molar-refractivity contribution in [1.82, 2.24) is 15.3 Å². The van der Waals surface area contributed by atoms with E-state index in [1.54, 1.807) is 6.20 Å². The van der Waals surface area contributed by atoms with Gasteiger partial charge in [-0.15, -0.1) is 0 Å². The van der Waals surface area contributed by atoms with E-state index in [-0.39, 0.29) is 0 Å². The van der Waals surface area contributed by atoms with E-state index in [4.69, 9.17) is 16.6 Å². The van der Waals surface area contributed by atoms with Crippen LogP contribution < -0.4 is 15.5 Å². The fraction of sp³-hybridized carbons (Fsp3) is 0.389. The molecule has 4 heterocycles. The van der Waals surface area contributed by atoms with Gasteiger partial charge >= 0.3 is 0 Å². The summed E-state index contributed by atoms with van der Waals surface area (Å²) in [6.07, 6.45) is 5.99. The van der Waals surface area contributed by atoms with E-state index in [2.05, 4.69) is 37.6 Å². The van der Waals surface area contributed by atoms with Gasteiger partial charge in [0, 0.05) is 37.1 Å². The molecular weight excluding hydrogens is 336 g/mol. The molecule has 2 atom stereocenters. The molecule has 3 aliphatic rings. The Kier molecular flexibility index (Phi) is 3.60. The molecule has 7 heteroatoms. The van der Waals surface area contributed by atoms with E-state index in [9.17, 15) is 0 Å². The maximum Gasteiger partial charge on any atom is 0.227 e. The minimum Gasteiger partial charge on any atom is -0.339 e. The highest BCUT2D eigenvalue weighted by atomic mass is 35.5. The molecule has 0 aliphatic carbocycles. The van der Waals surface area contributed by atoms with Crippen LogP contribution in [0.25, 0.3) is 0 Å². The summed E-state index contributed by atoms with van der Waals surface area (Å²) in [6.45, 7) is 2.75. The van der Waals surface area contributed by atoms with E-state index in [0.29, 0.717) is 22.9 Å². The van der Waals surface area contributed by atoms with Crippen LogP contribution in [-0.2, 0) is 6.54 Å². The molecule has 5 rings (SSSR count). The van der Waals surface area contributed by atoms with Crippen molar-refractivity contribution >= 4 is 35.3 Å². The van der Waals surface area contributed by atoms with Crippen molar-refractivity contribution in [1.29, 1.82) is 0 Å². The van der Waals surface area contributed by atoms with Gasteiger partial charge in [-0.2, -0.15) is 4.98 Å². The van der Waals surface area contributed by atoms with Gasteiger partial charge in [0.15, 0.2) is 5.82 Å². The molecule has 1 aromatic carbocycles. The molecule has 0 radical (unpaired) electrons. The lowest BCUT2D eigenvalue weighted by atomic mass is 10.1. The lowest BCUT2D eigenvalue weighted by molar-refractivity contribution is 0.477. The van der Waals surface area contributed by atoms with Crippen molar-refractivity contribution in [3.05, 3.63) is 40.5 Å². The molecule has 3 aliphatic heterocycles. The lowest BCUT2D eigenvalue weighted by Gasteiger charge is -2.35. The monoisotopic (exact) mass is 354 g/mol. The van der Waals surface area contributed by atoms with Crippen molar-refractivity contribution in [3.8, 4) is 0 Å². The summed E-state index contributed by atoms with van der Waals surface area (Å²) in [5.74, 6) is 1.42. The van der Waals surface area contributed by atoms with Gasteiger partial charge in [0.1, 0.15) is 5.02 Å². The third-order valence-corrected chi connectivity index (χ3v) is 5.52. The van der Waals surface area contributed by atoms with Gasteiger partial charge < -0.3 is 15.5 Å². The lowest BCUT2D eigenvalue weighted by Crippen LogP contribution is -2.52. The predicted molar refractivity (Wildman–Crippen MR) is 100 cm³/mol. The Hall–Kier alpha value is -2.18. The van der Waals surface area contributed by atoms with Crippen LogP contribution in [0.3, 0.4) is 0 Å². The first-order valence-electron chi connectivity index (χ1n) is 8.69. The summed E-state index contributed by atoms with van der Waals surface area (Å²) in [6, 6.07) is 7.17. The molecule has 0 amide bonds. The summed E-state index contributed by atoms with van der Waals surface area (Å²) in [7, 11) is 0. The molecule has 0 spiro atoms. The highest BCUT2D eigenvalue weighted by Crippen LogP contribution is 2.33. The van der Waals surface area contributed by atoms with E-state index in [0.717, 1.165) is 36.8 Å². The zero-order valence-electron chi connectivity index (χ0n) is 13.7. The zero-order valence-corrected chi connectivity index (χ0v) is 14.5. The molecule has 2 aromatic rings. The summed E-state index contributed by atoms with van der Waals surface area (Å²) >= 11 is 6.35. The average molecular weight is 355 g/mol. The highest BCUT2D eigenvalue weighted by molar-refractivity contribution is 6.32. The summed E-state index contributed by atoms with van der Waals surface area (Å²) in [5.41, 5.74) is 3.36. The Morgan fingerprint density at radius 2 is 2.04 bits per heavy atom. The number of aliphatic imine (C=N–C) groups is 1. The van der Waals surface area contributed by atoms with Gasteiger partial charge in [-0.3, -0.25) is 4.99 Å². The maximum absolute atomic E-state index is 6.35. The number of rotatable bonds is 3. The number of piperazine rings is 1. The number of aromatic nitrogens is 2. The van der Waals surface area contributed by atoms with Gasteiger partial charge in [-0.1, -0.05) is 17.7 Å². The molecule has 6 nitrogen and oxygen atoms in total. The number of nitrogens with zero attached hydrogens (tertiary/aromatic N) is 4. The first-order valence-corrected chi connectivity index (χ1v) is 9.07. The fourth-order valence-electron chi connectivity index (χ4n) is 3.99. The van der Waals surface area contributed by atoms with Crippen molar-refractivity contribution < 1.29 is 0 Å². The molecule has 2 N–H and O–H groups in total. The summed E-state index contributed by atoms with van der Waals surface area (Å²) in [5, 5.41) is 7.36. The van der Waals surface area contributed by atoms with E-state index >= 15 is 0 Å². The van der Waals surface area contributed by atoms with E-state index in [1.807, 2.05) is 12.3 Å². The normalized spacial score (nSPS) is 23.8. The van der Waals surface area contributed by atoms with Crippen LogP contribution in [0.2, 0.25) is 5.02 Å². The van der Waals surface area contributed by atoms with Gasteiger partial charge in [0.25, 0.3) is 0 Å². The fourth-order valence-corrected chi connectivity index (χ4v) is 4.13. The minimum absolute atomic E-state index is 0.476. The Morgan fingerprint density at radius 3 is 2.88 bits per heavy atom. The molecule has 0 saturated carbocycles. The SMILES string of the molecule is Clc1cnc(N2C3CCC2CNC3)nc1Nc1ccc2c(c1)C=NC2. The number of hydrogen-bond acceptors (Lipinski definition) is 6. The van der Waals surface area contributed by atoms with E-state index < -0.39 is 0 Å². The Morgan fingerprint density at radius 1 is 1.20 bits per heavy atom. The molecule has 2 fully saturated rings. The van der Waals surface area contributed by atoms with Crippen LogP contribution in [0.1, 0.15) is 24.0 Å². The number of anilines is 3. The van der Waals surface area contributed by atoms with Crippen molar-refractivity contribution in [2.24, 2.45) is 4.99 Å². The standard InChI is InChI=1S/C18H19ClN6/c19-16-10-22-18(25-14-3-4-15(25)9-21-8-14)24-17(16)23-13-2-1-11-6-20-7-12(11)5-13/h1-2,5,7,10,14-15,21H,3-4,6,8-9H2,(H,22,23,24). The zero-order chi connectivity index (χ0) is 16.8. The van der Waals surface area contributed by atoms with Gasteiger partial charge in [0.05, 0.1) is 12.7 Å². The number of halogens is 1. The summed E-state index contributed by atoms with van der Waals surface area (Å²) < 4.78 is 0. The van der Waals surface area contributed by atoms with Crippen molar-refractivity contribution in [3.63, 3.8) is 0 Å². The van der Waals surface area contributed by atoms with Crippen LogP contribution in [0.4, 0.5) is 17.5 Å². The van der Waals surface area contributed by atoms with Crippen LogP contribution in [0.15, 0.2) is 29.4 Å². The number of benzene rings is 1. The average Bonchev–Trinajstić information content (AvgIpc) is 3.18. The minimum atomic E-state index is 0.476. The molecule has 2 bridgehead atoms. The number of fused-ring (bicyclic) bond motifs is 3. The van der Waals surface area contributed by atoms with Crippen LogP contribution in [0, 0.1) is 0 Å². The van der Waals surface area contributed by atoms with Crippen molar-refractivity contribution in [2.45, 2.75) is 31.5 Å². The Bertz CT molecular complexity index is 835. The Labute approximate surface area is 151 Å². The van der Waals surface area contributed by atoms with Crippen LogP contribution in [-0.4, -0.2) is 41.4 Å². The largest absolute Gasteiger partial charge is 0.339 e. The van der Waals surface area contributed by atoms with Gasteiger partial charge in [-0.05, 0) is 36.1 Å². The Balaban J connectivity index is 1.45. The molecule has 1 aromatic heterocycles. The van der Waals surface area contributed by atoms with Crippen LogP contribution in [0.5, 0.6) is 0 Å². The predicted octanol–water partition coefficient (Wildman–Crippen LogP) is 2.75.